The third-order valence-corrected chi connectivity index (χ3v) is 2.69. The quantitative estimate of drug-likeness (QED) is 0.687. The van der Waals surface area contributed by atoms with Gasteiger partial charge in [-0.3, -0.25) is 4.79 Å². The lowest BCUT2D eigenvalue weighted by Gasteiger charge is -2.30. The molecule has 1 atom stereocenters. The van der Waals surface area contributed by atoms with Crippen LogP contribution in [0.4, 0.5) is 0 Å². The molecule has 78 valence electrons. The van der Waals surface area contributed by atoms with E-state index in [4.69, 9.17) is 5.11 Å². The lowest BCUT2D eigenvalue weighted by atomic mass is 9.74. The summed E-state index contributed by atoms with van der Waals surface area (Å²) in [5, 5.41) is 8.86. The average Bonchev–Trinajstić information content (AvgIpc) is 2.06. The molecule has 0 radical (unpaired) electrons. The molecule has 0 rings (SSSR count). The smallest absolute Gasteiger partial charge is 0.309 e. The second-order valence-corrected chi connectivity index (χ2v) is 4.06. The predicted molar refractivity (Wildman–Crippen MR) is 56.7 cm³/mol. The van der Waals surface area contributed by atoms with Crippen LogP contribution in [0, 0.1) is 17.3 Å². The second kappa shape index (κ2) is 5.79. The first-order valence-electron chi connectivity index (χ1n) is 4.53. The van der Waals surface area contributed by atoms with Crippen molar-refractivity contribution in [3.8, 4) is 0 Å². The summed E-state index contributed by atoms with van der Waals surface area (Å²) in [6.07, 6.45) is 0. The zero-order valence-electron chi connectivity index (χ0n) is 9.42. The van der Waals surface area contributed by atoms with Crippen LogP contribution in [0.25, 0.3) is 0 Å². The zero-order chi connectivity index (χ0) is 11.2. The van der Waals surface area contributed by atoms with E-state index in [0.717, 1.165) is 0 Å². The van der Waals surface area contributed by atoms with Gasteiger partial charge in [-0.15, -0.1) is 13.2 Å². The van der Waals surface area contributed by atoms with Gasteiger partial charge in [0, 0.05) is 0 Å². The summed E-state index contributed by atoms with van der Waals surface area (Å²) in [5.41, 5.74) is -0.603. The Kier molecular flexibility index (Phi) is 6.55. The molecule has 0 aromatic carbocycles. The van der Waals surface area contributed by atoms with Gasteiger partial charge in [-0.1, -0.05) is 20.8 Å². The lowest BCUT2D eigenvalue weighted by Crippen LogP contribution is -2.33. The molecule has 13 heavy (non-hydrogen) atoms. The maximum absolute atomic E-state index is 10.8. The Morgan fingerprint density at radius 2 is 1.54 bits per heavy atom. The molecule has 1 N–H and O–H groups in total. The summed E-state index contributed by atoms with van der Waals surface area (Å²) in [6.45, 7) is 15.6. The molecule has 0 spiro atoms. The van der Waals surface area contributed by atoms with E-state index in [1.165, 1.54) is 0 Å². The average molecular weight is 186 g/mol. The fraction of sp³-hybridized carbons (Fsp3) is 0.727. The molecule has 0 bridgehead atoms. The SMILES string of the molecule is C=C.CC(C)C(C)C(C)(C)C(=O)O. The van der Waals surface area contributed by atoms with Crippen molar-refractivity contribution in [2.75, 3.05) is 0 Å². The van der Waals surface area contributed by atoms with Crippen LogP contribution in [0.2, 0.25) is 0 Å². The summed E-state index contributed by atoms with van der Waals surface area (Å²) in [7, 11) is 0. The Hall–Kier alpha value is -0.790. The first kappa shape index (κ1) is 14.7. The third kappa shape index (κ3) is 4.11. The first-order valence-corrected chi connectivity index (χ1v) is 4.53. The normalized spacial score (nSPS) is 13.1. The minimum atomic E-state index is -0.710. The Labute approximate surface area is 81.7 Å². The molecule has 2 nitrogen and oxygen atoms in total. The van der Waals surface area contributed by atoms with Crippen LogP contribution in [0.1, 0.15) is 34.6 Å². The Balaban J connectivity index is 0. The maximum atomic E-state index is 10.8. The van der Waals surface area contributed by atoms with Gasteiger partial charge in [0.2, 0.25) is 0 Å². The van der Waals surface area contributed by atoms with E-state index >= 15 is 0 Å². The van der Waals surface area contributed by atoms with Gasteiger partial charge < -0.3 is 5.11 Å². The molecular weight excluding hydrogens is 164 g/mol. The summed E-state index contributed by atoms with van der Waals surface area (Å²) in [5.74, 6) is -0.0835. The van der Waals surface area contributed by atoms with Gasteiger partial charge in [0.25, 0.3) is 0 Å². The van der Waals surface area contributed by atoms with Crippen molar-refractivity contribution < 1.29 is 9.90 Å². The summed E-state index contributed by atoms with van der Waals surface area (Å²) in [4.78, 5) is 10.8. The highest BCUT2D eigenvalue weighted by atomic mass is 16.4. The van der Waals surface area contributed by atoms with Crippen LogP contribution in [0.5, 0.6) is 0 Å². The molecule has 0 aromatic heterocycles. The van der Waals surface area contributed by atoms with Crippen LogP contribution >= 0.6 is 0 Å². The monoisotopic (exact) mass is 186 g/mol. The van der Waals surface area contributed by atoms with Crippen molar-refractivity contribution in [1.29, 1.82) is 0 Å². The maximum Gasteiger partial charge on any atom is 0.309 e. The van der Waals surface area contributed by atoms with Crippen molar-refractivity contribution in [2.45, 2.75) is 34.6 Å². The minimum Gasteiger partial charge on any atom is -0.481 e. The number of hydrogen-bond acceptors (Lipinski definition) is 1. The summed E-state index contributed by atoms with van der Waals surface area (Å²) >= 11 is 0. The Morgan fingerprint density at radius 1 is 1.23 bits per heavy atom. The van der Waals surface area contributed by atoms with E-state index in [1.807, 2.05) is 6.92 Å². The van der Waals surface area contributed by atoms with Crippen LogP contribution in [-0.2, 0) is 4.79 Å². The molecule has 0 aromatic rings. The molecule has 0 fully saturated rings. The predicted octanol–water partition coefficient (Wildman–Crippen LogP) is 3.19. The van der Waals surface area contributed by atoms with Gasteiger partial charge in [-0.05, 0) is 25.7 Å². The van der Waals surface area contributed by atoms with Crippen LogP contribution in [0.15, 0.2) is 13.2 Å². The van der Waals surface area contributed by atoms with Crippen molar-refractivity contribution in [3.05, 3.63) is 13.2 Å². The van der Waals surface area contributed by atoms with E-state index in [-0.39, 0.29) is 5.92 Å². The highest BCUT2D eigenvalue weighted by molar-refractivity contribution is 5.73. The summed E-state index contributed by atoms with van der Waals surface area (Å²) < 4.78 is 0. The summed E-state index contributed by atoms with van der Waals surface area (Å²) in [6, 6.07) is 0. The fourth-order valence-electron chi connectivity index (χ4n) is 1.03. The largest absolute Gasteiger partial charge is 0.481 e. The number of carbonyl (C=O) groups is 1. The van der Waals surface area contributed by atoms with E-state index in [9.17, 15) is 4.79 Å². The number of rotatable bonds is 3. The van der Waals surface area contributed by atoms with Crippen molar-refractivity contribution in [1.82, 2.24) is 0 Å². The van der Waals surface area contributed by atoms with Gasteiger partial charge in [-0.2, -0.15) is 0 Å². The standard InChI is InChI=1S/C9H18O2.C2H4/c1-6(2)7(3)9(4,5)8(10)11;1-2/h6-7H,1-5H3,(H,10,11);1-2H2. The molecule has 0 amide bonds. The molecule has 0 aliphatic carbocycles. The third-order valence-electron chi connectivity index (χ3n) is 2.69. The van der Waals surface area contributed by atoms with Crippen molar-refractivity contribution >= 4 is 5.97 Å². The first-order chi connectivity index (χ1) is 5.80. The highest BCUT2D eigenvalue weighted by Gasteiger charge is 2.35. The van der Waals surface area contributed by atoms with E-state index < -0.39 is 11.4 Å². The van der Waals surface area contributed by atoms with Gasteiger partial charge >= 0.3 is 5.97 Å². The van der Waals surface area contributed by atoms with Crippen LogP contribution < -0.4 is 0 Å². The lowest BCUT2D eigenvalue weighted by molar-refractivity contribution is -0.150. The number of carboxylic acids is 1. The molecule has 2 heteroatoms. The molecule has 0 aliphatic heterocycles. The molecule has 1 unspecified atom stereocenters. The van der Waals surface area contributed by atoms with E-state index in [1.54, 1.807) is 13.8 Å². The van der Waals surface area contributed by atoms with E-state index in [2.05, 4.69) is 27.0 Å². The van der Waals surface area contributed by atoms with Crippen LogP contribution in [-0.4, -0.2) is 11.1 Å². The van der Waals surface area contributed by atoms with Crippen molar-refractivity contribution in [3.63, 3.8) is 0 Å². The Morgan fingerprint density at radius 3 is 1.62 bits per heavy atom. The Bertz CT molecular complexity index is 159. The number of aliphatic carboxylic acids is 1. The molecule has 0 heterocycles. The fourth-order valence-corrected chi connectivity index (χ4v) is 1.03. The van der Waals surface area contributed by atoms with Gasteiger partial charge in [0.1, 0.15) is 0 Å². The minimum absolute atomic E-state index is 0.208. The van der Waals surface area contributed by atoms with Crippen molar-refractivity contribution in [2.24, 2.45) is 17.3 Å². The van der Waals surface area contributed by atoms with Gasteiger partial charge in [0.05, 0.1) is 5.41 Å². The topological polar surface area (TPSA) is 37.3 Å². The van der Waals surface area contributed by atoms with E-state index in [0.29, 0.717) is 5.92 Å². The highest BCUT2D eigenvalue weighted by Crippen LogP contribution is 2.32. The zero-order valence-corrected chi connectivity index (χ0v) is 9.42. The number of hydrogen-bond donors (Lipinski definition) is 1. The van der Waals surface area contributed by atoms with Gasteiger partial charge in [-0.25, -0.2) is 0 Å². The van der Waals surface area contributed by atoms with Crippen LogP contribution in [0.3, 0.4) is 0 Å². The molecule has 0 saturated heterocycles. The number of carboxylic acid groups (broad SMARTS) is 1. The molecular formula is C11H22O2. The second-order valence-electron chi connectivity index (χ2n) is 4.06. The molecule has 0 aliphatic rings. The molecule has 0 saturated carbocycles. The van der Waals surface area contributed by atoms with Gasteiger partial charge in [0.15, 0.2) is 0 Å².